The first kappa shape index (κ1) is 18.6. The second kappa shape index (κ2) is 6.32. The summed E-state index contributed by atoms with van der Waals surface area (Å²) in [4.78, 5) is 26.8. The molecule has 8 fully saturated rings. The van der Waals surface area contributed by atoms with Crippen LogP contribution in [-0.4, -0.2) is 22.1 Å². The lowest BCUT2D eigenvalue weighted by atomic mass is 9.49. The van der Waals surface area contributed by atoms with E-state index in [9.17, 15) is 9.59 Å². The first-order valence-corrected chi connectivity index (χ1v) is 12.4. The molecule has 8 aliphatic rings. The zero-order chi connectivity index (χ0) is 20.8. The second-order valence-electron chi connectivity index (χ2n) is 12.3. The largest absolute Gasteiger partial charge is 0.304 e. The maximum absolute atomic E-state index is 13.4. The van der Waals surface area contributed by atoms with Crippen molar-refractivity contribution in [1.29, 1.82) is 0 Å². The van der Waals surface area contributed by atoms with Crippen molar-refractivity contribution in [3.8, 4) is 0 Å². The fraction of sp³-hybridized carbons (Fsp3) is 0.833. The second-order valence-corrected chi connectivity index (χ2v) is 12.3. The third kappa shape index (κ3) is 2.83. The fourth-order valence-electron chi connectivity index (χ4n) is 9.61. The Hall–Kier alpha value is -1.92. The van der Waals surface area contributed by atoms with Gasteiger partial charge in [-0.1, -0.05) is 0 Å². The van der Waals surface area contributed by atoms with Crippen molar-refractivity contribution >= 4 is 23.5 Å². The molecule has 31 heavy (non-hydrogen) atoms. The van der Waals surface area contributed by atoms with Crippen LogP contribution in [-0.2, 0) is 9.59 Å². The molecular weight excluding hydrogens is 392 g/mol. The lowest BCUT2D eigenvalue weighted by molar-refractivity contribution is -0.141. The van der Waals surface area contributed by atoms with Crippen LogP contribution in [0.4, 0.5) is 11.6 Å². The highest BCUT2D eigenvalue weighted by Gasteiger charge is 2.56. The predicted molar refractivity (Wildman–Crippen MR) is 113 cm³/mol. The summed E-state index contributed by atoms with van der Waals surface area (Å²) in [6, 6.07) is 0. The van der Waals surface area contributed by atoms with Crippen LogP contribution in [0.5, 0.6) is 0 Å². The summed E-state index contributed by atoms with van der Waals surface area (Å²) in [6.07, 6.45) is 13.7. The molecule has 8 aliphatic carbocycles. The molecule has 0 aliphatic heterocycles. The van der Waals surface area contributed by atoms with Crippen LogP contribution in [0.2, 0.25) is 0 Å². The van der Waals surface area contributed by atoms with Gasteiger partial charge in [0, 0.05) is 0 Å². The number of nitrogens with one attached hydrogen (secondary N) is 2. The zero-order valence-corrected chi connectivity index (χ0v) is 18.1. The van der Waals surface area contributed by atoms with E-state index in [1.54, 1.807) is 0 Å². The summed E-state index contributed by atoms with van der Waals surface area (Å²) in [7, 11) is 0. The molecule has 0 saturated heterocycles. The topological polar surface area (TPSA) is 97.1 Å². The monoisotopic (exact) mass is 424 g/mol. The van der Waals surface area contributed by atoms with Gasteiger partial charge in [-0.2, -0.15) is 0 Å². The van der Waals surface area contributed by atoms with Crippen molar-refractivity contribution in [2.75, 3.05) is 10.6 Å². The summed E-state index contributed by atoms with van der Waals surface area (Å²) in [6.45, 7) is 0. The van der Waals surface area contributed by atoms with Crippen LogP contribution >= 0.6 is 0 Å². The molecule has 2 amide bonds. The van der Waals surface area contributed by atoms with Gasteiger partial charge < -0.3 is 10.6 Å². The SMILES string of the molecule is O=C(Nc1nonc1NC(=O)C12CC3CC(CC(C3)C1)C2)C12CC3CC(CC(C3)C1)C2. The van der Waals surface area contributed by atoms with Crippen LogP contribution in [0.1, 0.15) is 77.0 Å². The Morgan fingerprint density at radius 3 is 1.19 bits per heavy atom. The Labute approximate surface area is 182 Å². The zero-order valence-electron chi connectivity index (χ0n) is 18.1. The van der Waals surface area contributed by atoms with E-state index in [4.69, 9.17) is 4.63 Å². The van der Waals surface area contributed by atoms with E-state index >= 15 is 0 Å². The van der Waals surface area contributed by atoms with Gasteiger partial charge in [-0.15, -0.1) is 0 Å². The van der Waals surface area contributed by atoms with E-state index in [2.05, 4.69) is 20.9 Å². The van der Waals surface area contributed by atoms with Crippen molar-refractivity contribution in [1.82, 2.24) is 10.3 Å². The van der Waals surface area contributed by atoms with E-state index in [1.807, 2.05) is 0 Å². The molecule has 1 heterocycles. The van der Waals surface area contributed by atoms with Gasteiger partial charge in [0.25, 0.3) is 0 Å². The minimum Gasteiger partial charge on any atom is -0.304 e. The molecule has 8 saturated carbocycles. The fourth-order valence-corrected chi connectivity index (χ4v) is 9.61. The van der Waals surface area contributed by atoms with E-state index in [-0.39, 0.29) is 34.3 Å². The van der Waals surface area contributed by atoms with Crippen molar-refractivity contribution in [2.24, 2.45) is 46.3 Å². The number of anilines is 2. The molecule has 0 aromatic carbocycles. The van der Waals surface area contributed by atoms with Crippen LogP contribution in [0.15, 0.2) is 4.63 Å². The molecule has 9 rings (SSSR count). The Morgan fingerprint density at radius 2 is 0.903 bits per heavy atom. The van der Waals surface area contributed by atoms with Crippen LogP contribution < -0.4 is 10.6 Å². The van der Waals surface area contributed by atoms with Crippen molar-refractivity contribution in [3.05, 3.63) is 0 Å². The molecule has 2 N–H and O–H groups in total. The van der Waals surface area contributed by atoms with Crippen molar-refractivity contribution < 1.29 is 14.2 Å². The number of carbonyl (C=O) groups excluding carboxylic acids is 2. The summed E-state index contributed by atoms with van der Waals surface area (Å²) in [5.74, 6) is 4.83. The normalized spacial score (nSPS) is 46.3. The molecule has 1 aromatic heterocycles. The summed E-state index contributed by atoms with van der Waals surface area (Å²) < 4.78 is 4.96. The van der Waals surface area contributed by atoms with Crippen molar-refractivity contribution in [2.45, 2.75) is 77.0 Å². The molecule has 0 atom stereocenters. The van der Waals surface area contributed by atoms with Gasteiger partial charge in [-0.3, -0.25) is 9.59 Å². The van der Waals surface area contributed by atoms with E-state index in [1.165, 1.54) is 38.5 Å². The number of nitrogens with zero attached hydrogens (tertiary/aromatic N) is 2. The Balaban J connectivity index is 1.08. The number of rotatable bonds is 4. The van der Waals surface area contributed by atoms with Gasteiger partial charge in [0.2, 0.25) is 23.5 Å². The Kier molecular flexibility index (Phi) is 3.80. The average molecular weight is 425 g/mol. The molecular formula is C24H32N4O3. The van der Waals surface area contributed by atoms with E-state index in [0.717, 1.165) is 38.5 Å². The molecule has 7 heteroatoms. The Bertz CT molecular complexity index is 794. The first-order chi connectivity index (χ1) is 15.0. The highest BCUT2D eigenvalue weighted by Crippen LogP contribution is 2.61. The van der Waals surface area contributed by atoms with Crippen LogP contribution in [0.25, 0.3) is 0 Å². The summed E-state index contributed by atoms with van der Waals surface area (Å²) in [5, 5.41) is 13.9. The lowest BCUT2D eigenvalue weighted by Gasteiger charge is -2.55. The number of hydrogen-bond acceptors (Lipinski definition) is 5. The molecule has 1 aromatic rings. The van der Waals surface area contributed by atoms with Gasteiger partial charge in [0.05, 0.1) is 10.8 Å². The molecule has 166 valence electrons. The third-order valence-corrected chi connectivity index (χ3v) is 9.99. The molecule has 0 spiro atoms. The maximum Gasteiger partial charge on any atom is 0.231 e. The Morgan fingerprint density at radius 1 is 0.613 bits per heavy atom. The molecule has 8 bridgehead atoms. The molecule has 0 unspecified atom stereocenters. The predicted octanol–water partition coefficient (Wildman–Crippen LogP) is 4.38. The minimum absolute atomic E-state index is 0.0487. The van der Waals surface area contributed by atoms with Crippen LogP contribution in [0, 0.1) is 46.3 Å². The number of amides is 2. The van der Waals surface area contributed by atoms with Gasteiger partial charge in [-0.25, -0.2) is 4.63 Å². The third-order valence-electron chi connectivity index (χ3n) is 9.99. The molecule has 0 radical (unpaired) electrons. The maximum atomic E-state index is 13.4. The van der Waals surface area contributed by atoms with Gasteiger partial charge in [-0.05, 0) is 123 Å². The lowest BCUT2D eigenvalue weighted by Crippen LogP contribution is -2.52. The van der Waals surface area contributed by atoms with Crippen molar-refractivity contribution in [3.63, 3.8) is 0 Å². The highest BCUT2D eigenvalue weighted by atomic mass is 16.6. The summed E-state index contributed by atoms with van der Waals surface area (Å²) >= 11 is 0. The quantitative estimate of drug-likeness (QED) is 0.748. The average Bonchev–Trinajstić information content (AvgIpc) is 3.12. The number of carbonyl (C=O) groups is 2. The number of aromatic nitrogens is 2. The molecule has 7 nitrogen and oxygen atoms in total. The van der Waals surface area contributed by atoms with E-state index in [0.29, 0.717) is 35.5 Å². The first-order valence-electron chi connectivity index (χ1n) is 12.4. The van der Waals surface area contributed by atoms with Gasteiger partial charge in [0.1, 0.15) is 0 Å². The highest BCUT2D eigenvalue weighted by molar-refractivity contribution is 6.01. The number of hydrogen-bond donors (Lipinski definition) is 2. The minimum atomic E-state index is -0.269. The van der Waals surface area contributed by atoms with Crippen LogP contribution in [0.3, 0.4) is 0 Å². The smallest absolute Gasteiger partial charge is 0.231 e. The van der Waals surface area contributed by atoms with E-state index < -0.39 is 0 Å². The standard InChI is InChI=1S/C24H32N4O3/c29-21(23-7-13-1-14(8-23)3-15(2-13)9-23)25-19-20(28-31-27-19)26-22(30)24-10-16-4-17(11-24)6-18(5-16)12-24/h13-18H,1-12H2,(H,25,27,29)(H,26,28,30). The van der Waals surface area contributed by atoms with Gasteiger partial charge in [0.15, 0.2) is 0 Å². The summed E-state index contributed by atoms with van der Waals surface area (Å²) in [5.41, 5.74) is -0.538. The van der Waals surface area contributed by atoms with Gasteiger partial charge >= 0.3 is 0 Å².